The van der Waals surface area contributed by atoms with Gasteiger partial charge < -0.3 is 11.1 Å². The van der Waals surface area contributed by atoms with Crippen LogP contribution in [0.2, 0.25) is 0 Å². The highest BCUT2D eigenvalue weighted by Crippen LogP contribution is 2.32. The number of amides is 1. The lowest BCUT2D eigenvalue weighted by Gasteiger charge is -2.09. The van der Waals surface area contributed by atoms with Gasteiger partial charge in [0.15, 0.2) is 0 Å². The minimum atomic E-state index is -0.625. The molecule has 1 aromatic heterocycles. The van der Waals surface area contributed by atoms with Gasteiger partial charge in [-0.3, -0.25) is 4.79 Å². The molecule has 17 heavy (non-hydrogen) atoms. The van der Waals surface area contributed by atoms with Gasteiger partial charge in [-0.1, -0.05) is 6.07 Å². The molecule has 2 aromatic rings. The molecule has 6 nitrogen and oxygen atoms in total. The molecule has 1 fully saturated rings. The summed E-state index contributed by atoms with van der Waals surface area (Å²) in [4.78, 5) is 11.6. The van der Waals surface area contributed by atoms with Crippen LogP contribution in [0.25, 0.3) is 11.0 Å². The van der Waals surface area contributed by atoms with Gasteiger partial charge in [-0.2, -0.15) is 0 Å². The molecule has 1 aromatic carbocycles. The molecular weight excluding hydrogens is 220 g/mol. The molecule has 0 bridgehead atoms. The van der Waals surface area contributed by atoms with Crippen molar-refractivity contribution in [2.24, 2.45) is 5.73 Å². The minimum absolute atomic E-state index is 0.0872. The second-order valence-corrected chi connectivity index (χ2v) is 4.43. The van der Waals surface area contributed by atoms with Gasteiger partial charge in [-0.25, -0.2) is 4.63 Å². The van der Waals surface area contributed by atoms with Crippen molar-refractivity contribution in [2.45, 2.75) is 24.9 Å². The monoisotopic (exact) mass is 232 g/mol. The number of nitrogens with two attached hydrogens (primary N) is 1. The Kier molecular flexibility index (Phi) is 2.12. The summed E-state index contributed by atoms with van der Waals surface area (Å²) in [6, 6.07) is 5.52. The number of hydrogen-bond acceptors (Lipinski definition) is 5. The Morgan fingerprint density at radius 2 is 2.18 bits per heavy atom. The van der Waals surface area contributed by atoms with Crippen molar-refractivity contribution < 1.29 is 9.42 Å². The van der Waals surface area contributed by atoms with E-state index in [1.165, 1.54) is 0 Å². The number of rotatable bonds is 3. The summed E-state index contributed by atoms with van der Waals surface area (Å²) >= 11 is 0. The second kappa shape index (κ2) is 3.53. The summed E-state index contributed by atoms with van der Waals surface area (Å²) in [6.07, 6.45) is 1.54. The van der Waals surface area contributed by atoms with Gasteiger partial charge in [0.1, 0.15) is 11.0 Å². The van der Waals surface area contributed by atoms with E-state index in [0.717, 1.165) is 18.4 Å². The lowest BCUT2D eigenvalue weighted by molar-refractivity contribution is -0.123. The number of hydrogen-bond donors (Lipinski definition) is 2. The third-order valence-electron chi connectivity index (χ3n) is 3.01. The second-order valence-electron chi connectivity index (χ2n) is 4.43. The number of nitrogens with zero attached hydrogens (tertiary/aromatic N) is 2. The van der Waals surface area contributed by atoms with Crippen LogP contribution in [0.15, 0.2) is 22.8 Å². The van der Waals surface area contributed by atoms with Crippen LogP contribution in [0.1, 0.15) is 18.4 Å². The zero-order chi connectivity index (χ0) is 11.9. The fourth-order valence-electron chi connectivity index (χ4n) is 1.66. The standard InChI is InChI=1S/C11H12N4O2/c12-11(3-4-11)10(16)13-6-7-1-2-8-9(5-7)15-17-14-8/h1-2,5H,3-4,6,12H2,(H,13,16). The van der Waals surface area contributed by atoms with Crippen LogP contribution < -0.4 is 11.1 Å². The van der Waals surface area contributed by atoms with Crippen molar-refractivity contribution in [3.05, 3.63) is 23.8 Å². The number of carbonyl (C=O) groups is 1. The SMILES string of the molecule is NC1(C(=O)NCc2ccc3nonc3c2)CC1. The van der Waals surface area contributed by atoms with Gasteiger partial charge >= 0.3 is 0 Å². The fourth-order valence-corrected chi connectivity index (χ4v) is 1.66. The smallest absolute Gasteiger partial charge is 0.240 e. The first kappa shape index (κ1) is 10.2. The molecule has 1 aliphatic carbocycles. The van der Waals surface area contributed by atoms with E-state index in [4.69, 9.17) is 5.73 Å². The van der Waals surface area contributed by atoms with Crippen molar-refractivity contribution in [3.8, 4) is 0 Å². The van der Waals surface area contributed by atoms with Crippen LogP contribution in [0, 0.1) is 0 Å². The maximum absolute atomic E-state index is 11.6. The van der Waals surface area contributed by atoms with E-state index in [1.54, 1.807) is 0 Å². The molecule has 3 rings (SSSR count). The Bertz CT molecular complexity index is 574. The molecule has 88 valence electrons. The minimum Gasteiger partial charge on any atom is -0.350 e. The average Bonchev–Trinajstić information content (AvgIpc) is 2.93. The largest absolute Gasteiger partial charge is 0.350 e. The lowest BCUT2D eigenvalue weighted by atomic mass is 10.2. The van der Waals surface area contributed by atoms with Crippen LogP contribution in [0.4, 0.5) is 0 Å². The van der Waals surface area contributed by atoms with Gasteiger partial charge in [0.25, 0.3) is 0 Å². The Balaban J connectivity index is 1.70. The maximum Gasteiger partial charge on any atom is 0.240 e. The van der Waals surface area contributed by atoms with Crippen LogP contribution in [-0.4, -0.2) is 21.8 Å². The molecule has 0 spiro atoms. The summed E-state index contributed by atoms with van der Waals surface area (Å²) in [6.45, 7) is 0.445. The Morgan fingerprint density at radius 1 is 1.41 bits per heavy atom. The number of nitrogens with one attached hydrogen (secondary N) is 1. The van der Waals surface area contributed by atoms with Crippen molar-refractivity contribution in [3.63, 3.8) is 0 Å². The van der Waals surface area contributed by atoms with Crippen molar-refractivity contribution in [1.29, 1.82) is 0 Å². The average molecular weight is 232 g/mol. The topological polar surface area (TPSA) is 94.0 Å². The first-order valence-corrected chi connectivity index (χ1v) is 5.46. The number of carbonyl (C=O) groups excluding carboxylic acids is 1. The first-order valence-electron chi connectivity index (χ1n) is 5.46. The Morgan fingerprint density at radius 3 is 2.94 bits per heavy atom. The van der Waals surface area contributed by atoms with E-state index >= 15 is 0 Å². The molecule has 1 heterocycles. The normalized spacial score (nSPS) is 17.0. The summed E-state index contributed by atoms with van der Waals surface area (Å²) < 4.78 is 4.60. The van der Waals surface area contributed by atoms with Crippen LogP contribution in [-0.2, 0) is 11.3 Å². The predicted molar refractivity (Wildman–Crippen MR) is 59.8 cm³/mol. The van der Waals surface area contributed by atoms with E-state index in [9.17, 15) is 4.79 Å². The first-order chi connectivity index (χ1) is 8.17. The van der Waals surface area contributed by atoms with Crippen molar-refractivity contribution in [1.82, 2.24) is 15.6 Å². The molecular formula is C11H12N4O2. The molecule has 1 aliphatic rings. The molecule has 0 atom stereocenters. The highest BCUT2D eigenvalue weighted by atomic mass is 16.6. The molecule has 6 heteroatoms. The van der Waals surface area contributed by atoms with Crippen LogP contribution in [0.5, 0.6) is 0 Å². The molecule has 1 amide bonds. The Hall–Kier alpha value is -1.95. The fraction of sp³-hybridized carbons (Fsp3) is 0.364. The molecule has 0 radical (unpaired) electrons. The summed E-state index contributed by atoms with van der Waals surface area (Å²) in [5.74, 6) is -0.0872. The molecule has 0 saturated heterocycles. The van der Waals surface area contributed by atoms with Crippen LogP contribution >= 0.6 is 0 Å². The number of aromatic nitrogens is 2. The van der Waals surface area contributed by atoms with E-state index in [0.29, 0.717) is 17.6 Å². The van der Waals surface area contributed by atoms with Gasteiger partial charge in [0, 0.05) is 6.54 Å². The molecule has 0 aliphatic heterocycles. The lowest BCUT2D eigenvalue weighted by Crippen LogP contribution is -2.42. The highest BCUT2D eigenvalue weighted by molar-refractivity contribution is 5.89. The summed E-state index contributed by atoms with van der Waals surface area (Å²) in [5, 5.41) is 10.3. The third-order valence-corrected chi connectivity index (χ3v) is 3.01. The molecule has 1 saturated carbocycles. The number of benzene rings is 1. The van der Waals surface area contributed by atoms with E-state index in [-0.39, 0.29) is 5.91 Å². The van der Waals surface area contributed by atoms with E-state index in [2.05, 4.69) is 20.3 Å². The van der Waals surface area contributed by atoms with Crippen molar-refractivity contribution >= 4 is 16.9 Å². The zero-order valence-corrected chi connectivity index (χ0v) is 9.14. The van der Waals surface area contributed by atoms with Crippen molar-refractivity contribution in [2.75, 3.05) is 0 Å². The molecule has 3 N–H and O–H groups in total. The quantitative estimate of drug-likeness (QED) is 0.795. The van der Waals surface area contributed by atoms with Crippen LogP contribution in [0.3, 0.4) is 0 Å². The summed E-state index contributed by atoms with van der Waals surface area (Å²) in [7, 11) is 0. The highest BCUT2D eigenvalue weighted by Gasteiger charge is 2.45. The summed E-state index contributed by atoms with van der Waals surface area (Å²) in [5.41, 5.74) is 7.50. The third kappa shape index (κ3) is 1.87. The van der Waals surface area contributed by atoms with E-state index < -0.39 is 5.54 Å². The van der Waals surface area contributed by atoms with Gasteiger partial charge in [-0.05, 0) is 40.9 Å². The van der Waals surface area contributed by atoms with E-state index in [1.807, 2.05) is 18.2 Å². The Labute approximate surface area is 97.1 Å². The number of fused-ring (bicyclic) bond motifs is 1. The van der Waals surface area contributed by atoms with Gasteiger partial charge in [0.05, 0.1) is 5.54 Å². The molecule has 0 unspecified atom stereocenters. The maximum atomic E-state index is 11.6. The zero-order valence-electron chi connectivity index (χ0n) is 9.14. The predicted octanol–water partition coefficient (Wildman–Crippen LogP) is 0.330. The van der Waals surface area contributed by atoms with Gasteiger partial charge in [-0.15, -0.1) is 0 Å². The van der Waals surface area contributed by atoms with Gasteiger partial charge in [0.2, 0.25) is 5.91 Å².